The number of halogens is 1. The van der Waals surface area contributed by atoms with Crippen LogP contribution in [0.5, 0.6) is 0 Å². The molecule has 0 saturated heterocycles. The third-order valence-electron chi connectivity index (χ3n) is 3.97. The highest BCUT2D eigenvalue weighted by Gasteiger charge is 2.43. The van der Waals surface area contributed by atoms with Crippen molar-refractivity contribution < 1.29 is 19.2 Å². The monoisotopic (exact) mass is 360 g/mol. The normalized spacial score (nSPS) is 18.9. The number of esters is 1. The van der Waals surface area contributed by atoms with Gasteiger partial charge in [0, 0.05) is 17.5 Å². The number of nitro groups is 1. The Balaban J connectivity index is 1.90. The van der Waals surface area contributed by atoms with Gasteiger partial charge in [0.25, 0.3) is 11.6 Å². The fourth-order valence-electron chi connectivity index (χ4n) is 2.68. The van der Waals surface area contributed by atoms with Crippen LogP contribution in [-0.4, -0.2) is 22.4 Å². The fraction of sp³-hybridized carbons (Fsp3) is 0.176. The maximum atomic E-state index is 12.7. The summed E-state index contributed by atoms with van der Waals surface area (Å²) in [6.45, 7) is 1.47. The van der Waals surface area contributed by atoms with Gasteiger partial charge in [-0.15, -0.1) is 0 Å². The quantitative estimate of drug-likeness (QED) is 0.514. The molecule has 3 rings (SSSR count). The van der Waals surface area contributed by atoms with Crippen molar-refractivity contribution in [1.29, 1.82) is 0 Å². The third kappa shape index (κ3) is 3.18. The van der Waals surface area contributed by atoms with E-state index in [-0.39, 0.29) is 22.8 Å². The number of nitro benzene ring substituents is 1. The molecule has 0 saturated carbocycles. The summed E-state index contributed by atoms with van der Waals surface area (Å²) in [5.41, 5.74) is -0.742. The Hall–Kier alpha value is -2.93. The van der Waals surface area contributed by atoms with Gasteiger partial charge in [0.15, 0.2) is 5.60 Å². The van der Waals surface area contributed by atoms with Gasteiger partial charge in [-0.25, -0.2) is 4.79 Å². The molecular formula is C17H13ClN2O5. The van der Waals surface area contributed by atoms with Gasteiger partial charge >= 0.3 is 5.97 Å². The first-order valence-electron chi connectivity index (χ1n) is 7.37. The van der Waals surface area contributed by atoms with Crippen LogP contribution in [0.4, 0.5) is 11.4 Å². The molecule has 1 atom stereocenters. The van der Waals surface area contributed by atoms with Crippen molar-refractivity contribution in [3.05, 3.63) is 68.7 Å². The zero-order valence-corrected chi connectivity index (χ0v) is 13.9. The molecule has 0 aromatic heterocycles. The van der Waals surface area contributed by atoms with Gasteiger partial charge in [0.05, 0.1) is 10.5 Å². The average Bonchev–Trinajstić information content (AvgIpc) is 2.56. The van der Waals surface area contributed by atoms with Crippen LogP contribution < -0.4 is 5.32 Å². The Labute approximate surface area is 147 Å². The number of ether oxygens (including phenoxy) is 1. The number of benzene rings is 2. The first-order valence-corrected chi connectivity index (χ1v) is 7.74. The van der Waals surface area contributed by atoms with Crippen molar-refractivity contribution in [1.82, 2.24) is 0 Å². The van der Waals surface area contributed by atoms with E-state index in [0.29, 0.717) is 11.1 Å². The number of nitrogens with zero attached hydrogens (tertiary/aromatic N) is 1. The molecule has 1 amide bonds. The molecule has 2 aromatic carbocycles. The largest absolute Gasteiger partial charge is 0.445 e. The first kappa shape index (κ1) is 16.9. The summed E-state index contributed by atoms with van der Waals surface area (Å²) in [6.07, 6.45) is 0.169. The zero-order chi connectivity index (χ0) is 18.2. The standard InChI is InChI=1S/C17H13ClN2O5/c1-17(9-10-4-2-3-5-12(10)15(21)25-17)16(22)19-13-7-6-11(18)8-14(13)20(23)24/h2-8H,9H2,1H3,(H,19,22). The number of amides is 1. The van der Waals surface area contributed by atoms with Gasteiger partial charge in [-0.1, -0.05) is 29.8 Å². The lowest BCUT2D eigenvalue weighted by Gasteiger charge is -2.32. The van der Waals surface area contributed by atoms with E-state index in [2.05, 4.69) is 5.32 Å². The molecule has 0 fully saturated rings. The van der Waals surface area contributed by atoms with Gasteiger partial charge in [-0.3, -0.25) is 14.9 Å². The molecule has 1 aliphatic heterocycles. The van der Waals surface area contributed by atoms with Crippen LogP contribution in [0, 0.1) is 10.1 Å². The Kier molecular flexibility index (Phi) is 4.18. The lowest BCUT2D eigenvalue weighted by atomic mass is 9.89. The number of rotatable bonds is 3. The second-order valence-corrected chi connectivity index (χ2v) is 6.26. The van der Waals surface area contributed by atoms with Crippen LogP contribution in [0.3, 0.4) is 0 Å². The number of carbonyl (C=O) groups is 2. The molecule has 1 aliphatic rings. The van der Waals surface area contributed by atoms with E-state index in [1.807, 2.05) is 0 Å². The molecule has 8 heteroatoms. The van der Waals surface area contributed by atoms with E-state index < -0.39 is 22.4 Å². The van der Waals surface area contributed by atoms with Crippen molar-refractivity contribution in [2.75, 3.05) is 5.32 Å². The molecule has 0 bridgehead atoms. The van der Waals surface area contributed by atoms with Gasteiger partial charge < -0.3 is 10.1 Å². The molecule has 128 valence electrons. The van der Waals surface area contributed by atoms with Crippen LogP contribution in [0.1, 0.15) is 22.8 Å². The number of fused-ring (bicyclic) bond motifs is 1. The summed E-state index contributed by atoms with van der Waals surface area (Å²) in [4.78, 5) is 35.3. The number of hydrogen-bond donors (Lipinski definition) is 1. The van der Waals surface area contributed by atoms with Crippen LogP contribution in [0.15, 0.2) is 42.5 Å². The SMILES string of the molecule is CC1(C(=O)Nc2ccc(Cl)cc2[N+](=O)[O-])Cc2ccccc2C(=O)O1. The molecule has 7 nitrogen and oxygen atoms in total. The predicted molar refractivity (Wildman–Crippen MR) is 90.7 cm³/mol. The molecule has 1 N–H and O–H groups in total. The Morgan fingerprint density at radius 1 is 1.32 bits per heavy atom. The summed E-state index contributed by atoms with van der Waals surface area (Å²) in [5, 5.41) is 13.8. The van der Waals surface area contributed by atoms with Crippen LogP contribution >= 0.6 is 11.6 Å². The molecule has 1 unspecified atom stereocenters. The van der Waals surface area contributed by atoms with Crippen LogP contribution in [-0.2, 0) is 16.0 Å². The smallest absolute Gasteiger partial charge is 0.339 e. The maximum absolute atomic E-state index is 12.7. The lowest BCUT2D eigenvalue weighted by Crippen LogP contribution is -2.48. The summed E-state index contributed by atoms with van der Waals surface area (Å²) in [6, 6.07) is 10.7. The topological polar surface area (TPSA) is 98.5 Å². The molecule has 1 heterocycles. The summed E-state index contributed by atoms with van der Waals surface area (Å²) >= 11 is 5.76. The van der Waals surface area contributed by atoms with Crippen molar-refractivity contribution in [2.24, 2.45) is 0 Å². The molecular weight excluding hydrogens is 348 g/mol. The number of carbonyl (C=O) groups excluding carboxylic acids is 2. The van der Waals surface area contributed by atoms with Gasteiger partial charge in [-0.2, -0.15) is 0 Å². The number of hydrogen-bond acceptors (Lipinski definition) is 5. The van der Waals surface area contributed by atoms with Crippen molar-refractivity contribution in [3.63, 3.8) is 0 Å². The average molecular weight is 361 g/mol. The first-order chi connectivity index (χ1) is 11.8. The maximum Gasteiger partial charge on any atom is 0.339 e. The zero-order valence-electron chi connectivity index (χ0n) is 13.1. The van der Waals surface area contributed by atoms with E-state index in [4.69, 9.17) is 16.3 Å². The van der Waals surface area contributed by atoms with Crippen molar-refractivity contribution in [2.45, 2.75) is 18.9 Å². The second-order valence-electron chi connectivity index (χ2n) is 5.83. The summed E-state index contributed by atoms with van der Waals surface area (Å²) in [5.74, 6) is -1.26. The number of anilines is 1. The molecule has 0 radical (unpaired) electrons. The minimum Gasteiger partial charge on any atom is -0.445 e. The Morgan fingerprint density at radius 3 is 2.76 bits per heavy atom. The van der Waals surface area contributed by atoms with Crippen LogP contribution in [0.2, 0.25) is 5.02 Å². The summed E-state index contributed by atoms with van der Waals surface area (Å²) in [7, 11) is 0. The second kappa shape index (κ2) is 6.18. The Morgan fingerprint density at radius 2 is 2.04 bits per heavy atom. The fourth-order valence-corrected chi connectivity index (χ4v) is 2.84. The van der Waals surface area contributed by atoms with Gasteiger partial charge in [0.1, 0.15) is 5.69 Å². The Bertz CT molecular complexity index is 898. The minimum atomic E-state index is -1.47. The van der Waals surface area contributed by atoms with E-state index in [1.54, 1.807) is 24.3 Å². The molecule has 2 aromatic rings. The number of cyclic esters (lactones) is 1. The highest BCUT2D eigenvalue weighted by atomic mass is 35.5. The van der Waals surface area contributed by atoms with Gasteiger partial charge in [0.2, 0.25) is 0 Å². The summed E-state index contributed by atoms with van der Waals surface area (Å²) < 4.78 is 5.31. The predicted octanol–water partition coefficient (Wildman–Crippen LogP) is 3.36. The van der Waals surface area contributed by atoms with E-state index in [0.717, 1.165) is 6.07 Å². The van der Waals surface area contributed by atoms with Crippen LogP contribution in [0.25, 0.3) is 0 Å². The molecule has 25 heavy (non-hydrogen) atoms. The van der Waals surface area contributed by atoms with E-state index in [9.17, 15) is 19.7 Å². The van der Waals surface area contributed by atoms with E-state index in [1.165, 1.54) is 19.1 Å². The third-order valence-corrected chi connectivity index (χ3v) is 4.20. The molecule has 0 aliphatic carbocycles. The lowest BCUT2D eigenvalue weighted by molar-refractivity contribution is -0.383. The van der Waals surface area contributed by atoms with Gasteiger partial charge in [-0.05, 0) is 30.7 Å². The minimum absolute atomic E-state index is 0.0180. The van der Waals surface area contributed by atoms with Crippen molar-refractivity contribution >= 4 is 34.9 Å². The van der Waals surface area contributed by atoms with Crippen molar-refractivity contribution in [3.8, 4) is 0 Å². The molecule has 0 spiro atoms. The highest BCUT2D eigenvalue weighted by Crippen LogP contribution is 2.32. The van der Waals surface area contributed by atoms with E-state index >= 15 is 0 Å². The highest BCUT2D eigenvalue weighted by molar-refractivity contribution is 6.31. The number of nitrogens with one attached hydrogen (secondary N) is 1.